The molecule has 1 heterocycles. The number of β-amino-alcohol motifs (C(OH)–C–C–N with tert-alkyl or cyclic N) is 1. The molecule has 1 unspecified atom stereocenters. The number of aliphatic hydroxyl groups excluding tert-OH is 1. The van der Waals surface area contributed by atoms with Crippen molar-refractivity contribution in [3.8, 4) is 0 Å². The van der Waals surface area contributed by atoms with E-state index in [1.807, 2.05) is 13.8 Å². The Morgan fingerprint density at radius 3 is 2.87 bits per heavy atom. The van der Waals surface area contributed by atoms with Gasteiger partial charge in [-0.3, -0.25) is 4.79 Å². The lowest BCUT2D eigenvalue weighted by Gasteiger charge is -2.33. The van der Waals surface area contributed by atoms with Gasteiger partial charge in [-0.25, -0.2) is 0 Å². The predicted molar refractivity (Wildman–Crippen MR) is 59.3 cm³/mol. The van der Waals surface area contributed by atoms with Crippen molar-refractivity contribution in [1.82, 2.24) is 4.90 Å². The fourth-order valence-corrected chi connectivity index (χ4v) is 1.86. The normalized spacial score (nSPS) is 26.1. The van der Waals surface area contributed by atoms with E-state index in [0.717, 1.165) is 25.8 Å². The third kappa shape index (κ3) is 3.18. The van der Waals surface area contributed by atoms with Gasteiger partial charge in [0.05, 0.1) is 12.1 Å². The molecule has 0 saturated carbocycles. The van der Waals surface area contributed by atoms with Crippen LogP contribution in [0, 0.1) is 5.92 Å². The molecule has 1 rings (SSSR count). The highest BCUT2D eigenvalue weighted by molar-refractivity contribution is 5.82. The number of carbonyl (C=O) groups excluding carboxylic acids is 1. The maximum atomic E-state index is 11.9. The maximum absolute atomic E-state index is 11.9. The van der Waals surface area contributed by atoms with Crippen LogP contribution in [0.15, 0.2) is 0 Å². The number of carbonyl (C=O) groups is 1. The molecule has 0 aliphatic carbocycles. The van der Waals surface area contributed by atoms with Crippen LogP contribution in [-0.4, -0.2) is 41.1 Å². The van der Waals surface area contributed by atoms with Crippen molar-refractivity contribution in [1.29, 1.82) is 0 Å². The molecule has 0 bridgehead atoms. The van der Waals surface area contributed by atoms with Gasteiger partial charge in [0.2, 0.25) is 5.91 Å². The number of likely N-dealkylation sites (tertiary alicyclic amines) is 1. The van der Waals surface area contributed by atoms with E-state index in [2.05, 4.69) is 0 Å². The average Bonchev–Trinajstić information content (AvgIpc) is 2.26. The first-order valence-electron chi connectivity index (χ1n) is 5.78. The Bertz CT molecular complexity index is 221. The molecule has 4 nitrogen and oxygen atoms in total. The van der Waals surface area contributed by atoms with Crippen molar-refractivity contribution < 1.29 is 9.90 Å². The number of hydrogen-bond acceptors (Lipinski definition) is 3. The van der Waals surface area contributed by atoms with Gasteiger partial charge in [0.1, 0.15) is 0 Å². The highest BCUT2D eigenvalue weighted by atomic mass is 16.3. The predicted octanol–water partition coefficient (Wildman–Crippen LogP) is 0.343. The molecule has 1 saturated heterocycles. The fraction of sp³-hybridized carbons (Fsp3) is 0.909. The second-order valence-electron chi connectivity index (χ2n) is 4.49. The lowest BCUT2D eigenvalue weighted by atomic mass is 9.97. The van der Waals surface area contributed by atoms with Gasteiger partial charge in [-0.1, -0.05) is 20.3 Å². The van der Waals surface area contributed by atoms with Crippen LogP contribution < -0.4 is 5.73 Å². The second-order valence-corrected chi connectivity index (χ2v) is 4.49. The molecule has 3 N–H and O–H groups in total. The molecule has 4 heteroatoms. The summed E-state index contributed by atoms with van der Waals surface area (Å²) in [6.45, 7) is 5.20. The zero-order valence-corrected chi connectivity index (χ0v) is 9.65. The van der Waals surface area contributed by atoms with Crippen LogP contribution in [-0.2, 0) is 4.79 Å². The summed E-state index contributed by atoms with van der Waals surface area (Å²) in [7, 11) is 0. The van der Waals surface area contributed by atoms with Crippen LogP contribution >= 0.6 is 0 Å². The second kappa shape index (κ2) is 5.47. The van der Waals surface area contributed by atoms with Crippen LogP contribution in [0.5, 0.6) is 0 Å². The zero-order valence-electron chi connectivity index (χ0n) is 9.65. The van der Waals surface area contributed by atoms with Crippen molar-refractivity contribution in [3.63, 3.8) is 0 Å². The van der Waals surface area contributed by atoms with Gasteiger partial charge in [0.25, 0.3) is 0 Å². The number of amides is 1. The standard InChI is InChI=1S/C11H22N2O2/c1-3-8(2)10(12)11(15)13-6-4-5-9(14)7-13/h8-10,14H,3-7,12H2,1-2H3/t8?,9-,10-/m0/s1. The summed E-state index contributed by atoms with van der Waals surface area (Å²) >= 11 is 0. The fourth-order valence-electron chi connectivity index (χ4n) is 1.86. The minimum absolute atomic E-state index is 0.0110. The van der Waals surface area contributed by atoms with Gasteiger partial charge in [0, 0.05) is 13.1 Å². The van der Waals surface area contributed by atoms with Gasteiger partial charge in [0.15, 0.2) is 0 Å². The molecule has 0 aromatic rings. The summed E-state index contributed by atoms with van der Waals surface area (Å²) in [5.41, 5.74) is 5.87. The molecular weight excluding hydrogens is 192 g/mol. The number of aliphatic hydroxyl groups is 1. The number of nitrogens with two attached hydrogens (primary N) is 1. The van der Waals surface area contributed by atoms with Gasteiger partial charge in [-0.2, -0.15) is 0 Å². The third-order valence-corrected chi connectivity index (χ3v) is 3.25. The van der Waals surface area contributed by atoms with Crippen molar-refractivity contribution in [3.05, 3.63) is 0 Å². The molecule has 0 aromatic heterocycles. The van der Waals surface area contributed by atoms with Crippen molar-refractivity contribution in [2.75, 3.05) is 13.1 Å². The van der Waals surface area contributed by atoms with E-state index >= 15 is 0 Å². The van der Waals surface area contributed by atoms with Gasteiger partial charge < -0.3 is 15.7 Å². The highest BCUT2D eigenvalue weighted by Gasteiger charge is 2.28. The van der Waals surface area contributed by atoms with Gasteiger partial charge in [-0.05, 0) is 18.8 Å². The Morgan fingerprint density at radius 2 is 2.33 bits per heavy atom. The van der Waals surface area contributed by atoms with Crippen molar-refractivity contribution in [2.45, 2.75) is 45.3 Å². The van der Waals surface area contributed by atoms with Crippen LogP contribution in [0.1, 0.15) is 33.1 Å². The van der Waals surface area contributed by atoms with E-state index < -0.39 is 6.04 Å². The molecule has 15 heavy (non-hydrogen) atoms. The first-order valence-corrected chi connectivity index (χ1v) is 5.78. The van der Waals surface area contributed by atoms with E-state index in [0.29, 0.717) is 6.54 Å². The molecule has 88 valence electrons. The van der Waals surface area contributed by atoms with E-state index in [-0.39, 0.29) is 17.9 Å². The zero-order chi connectivity index (χ0) is 11.4. The summed E-state index contributed by atoms with van der Waals surface area (Å²) in [4.78, 5) is 13.6. The summed E-state index contributed by atoms with van der Waals surface area (Å²) in [6, 6.07) is -0.416. The molecule has 1 aliphatic heterocycles. The summed E-state index contributed by atoms with van der Waals surface area (Å²) < 4.78 is 0. The average molecular weight is 214 g/mol. The van der Waals surface area contributed by atoms with E-state index in [1.165, 1.54) is 0 Å². The number of hydrogen-bond donors (Lipinski definition) is 2. The number of piperidine rings is 1. The summed E-state index contributed by atoms with van der Waals surface area (Å²) in [5, 5.41) is 9.47. The molecule has 1 fully saturated rings. The smallest absolute Gasteiger partial charge is 0.239 e. The Kier molecular flexibility index (Phi) is 4.54. The summed E-state index contributed by atoms with van der Waals surface area (Å²) in [6.07, 6.45) is 2.21. The molecule has 1 aliphatic rings. The Labute approximate surface area is 91.4 Å². The monoisotopic (exact) mass is 214 g/mol. The number of nitrogens with zero attached hydrogens (tertiary/aromatic N) is 1. The molecule has 0 aromatic carbocycles. The van der Waals surface area contributed by atoms with Crippen LogP contribution in [0.2, 0.25) is 0 Å². The van der Waals surface area contributed by atoms with Crippen molar-refractivity contribution in [2.24, 2.45) is 11.7 Å². The lowest BCUT2D eigenvalue weighted by molar-refractivity contribution is -0.136. The Morgan fingerprint density at radius 1 is 1.67 bits per heavy atom. The third-order valence-electron chi connectivity index (χ3n) is 3.25. The van der Waals surface area contributed by atoms with Crippen LogP contribution in [0.4, 0.5) is 0 Å². The summed E-state index contributed by atoms with van der Waals surface area (Å²) in [5.74, 6) is 0.194. The number of rotatable bonds is 3. The molecule has 1 amide bonds. The lowest BCUT2D eigenvalue weighted by Crippen LogP contribution is -2.51. The Hall–Kier alpha value is -0.610. The first kappa shape index (κ1) is 12.5. The SMILES string of the molecule is CCC(C)[C@H](N)C(=O)N1CCC[C@H](O)C1. The minimum atomic E-state index is -0.416. The molecule has 3 atom stereocenters. The van der Waals surface area contributed by atoms with E-state index in [1.54, 1.807) is 4.90 Å². The highest BCUT2D eigenvalue weighted by Crippen LogP contribution is 2.14. The van der Waals surface area contributed by atoms with E-state index in [4.69, 9.17) is 5.73 Å². The van der Waals surface area contributed by atoms with Gasteiger partial charge in [-0.15, -0.1) is 0 Å². The quantitative estimate of drug-likeness (QED) is 0.712. The molecular formula is C11H22N2O2. The minimum Gasteiger partial charge on any atom is -0.391 e. The Balaban J connectivity index is 2.51. The van der Waals surface area contributed by atoms with Crippen LogP contribution in [0.25, 0.3) is 0 Å². The van der Waals surface area contributed by atoms with Crippen molar-refractivity contribution >= 4 is 5.91 Å². The largest absolute Gasteiger partial charge is 0.391 e. The van der Waals surface area contributed by atoms with E-state index in [9.17, 15) is 9.90 Å². The van der Waals surface area contributed by atoms with Gasteiger partial charge >= 0.3 is 0 Å². The first-order chi connectivity index (χ1) is 7.06. The molecule has 0 spiro atoms. The van der Waals surface area contributed by atoms with Crippen LogP contribution in [0.3, 0.4) is 0 Å². The molecule has 0 radical (unpaired) electrons. The topological polar surface area (TPSA) is 66.6 Å². The maximum Gasteiger partial charge on any atom is 0.239 e.